The summed E-state index contributed by atoms with van der Waals surface area (Å²) in [5.74, 6) is 1.38. The lowest BCUT2D eigenvalue weighted by Gasteiger charge is -2.13. The van der Waals surface area contributed by atoms with Crippen molar-refractivity contribution in [3.8, 4) is 23.0 Å². The van der Waals surface area contributed by atoms with Crippen LogP contribution in [0.4, 0.5) is 21.9 Å². The monoisotopic (exact) mass is 671 g/mol. The lowest BCUT2D eigenvalue weighted by atomic mass is 10.3. The summed E-state index contributed by atoms with van der Waals surface area (Å²) in [6, 6.07) is 17.6. The third kappa shape index (κ3) is 9.83. The van der Waals surface area contributed by atoms with Gasteiger partial charge in [0.25, 0.3) is 5.91 Å². The molecule has 1 heterocycles. The number of hydrogen-bond donors (Lipinski definition) is 4. The fourth-order valence-corrected chi connectivity index (χ4v) is 5.02. The second-order valence-electron chi connectivity index (χ2n) is 9.47. The molecule has 244 valence electrons. The first-order chi connectivity index (χ1) is 21.6. The lowest BCUT2D eigenvalue weighted by Crippen LogP contribution is -2.20. The Bertz CT molecular complexity index is 1930. The number of urea groups is 1. The van der Waals surface area contributed by atoms with Gasteiger partial charge in [-0.1, -0.05) is 0 Å². The van der Waals surface area contributed by atoms with Crippen molar-refractivity contribution in [3.63, 3.8) is 0 Å². The fraction of sp³-hybridized carbons (Fsp3) is 0.167. The highest BCUT2D eigenvalue weighted by molar-refractivity contribution is 7.91. The van der Waals surface area contributed by atoms with Gasteiger partial charge in [-0.05, 0) is 66.7 Å². The highest BCUT2D eigenvalue weighted by atomic mass is 32.2. The number of benzene rings is 3. The zero-order chi connectivity index (χ0) is 34.1. The number of amides is 3. The number of methoxy groups -OCH3 is 2. The Kier molecular flexibility index (Phi) is 11.5. The standard InChI is InChI=1S/C22H22N4O6S.C8H11NO3S/c1-23-21(27)19-12-16(10-11-24-19)32-15-6-4-14(5-7-15)25-22(28)26-18-13-17(33(3,29)30)8-9-20(18)31-2;1-12-8-4-3-6(5-7(8)9)13(2,10)11/h4-13H,1-3H3,(H,23,27)(H2,25,26,28);3-5H,9H2,1-2H3. The van der Waals surface area contributed by atoms with Crippen molar-refractivity contribution in [3.05, 3.63) is 84.7 Å². The quantitative estimate of drug-likeness (QED) is 0.187. The van der Waals surface area contributed by atoms with E-state index in [-0.39, 0.29) is 27.1 Å². The Balaban J connectivity index is 0.000000370. The number of rotatable bonds is 9. The minimum absolute atomic E-state index is 0.0517. The topological polar surface area (TPSA) is 205 Å². The Labute approximate surface area is 266 Å². The van der Waals surface area contributed by atoms with E-state index in [1.54, 1.807) is 30.3 Å². The molecule has 0 spiro atoms. The van der Waals surface area contributed by atoms with Crippen LogP contribution in [0.5, 0.6) is 23.0 Å². The molecule has 3 amide bonds. The normalized spacial score (nSPS) is 10.9. The van der Waals surface area contributed by atoms with Crippen LogP contribution in [0, 0.1) is 0 Å². The number of anilines is 3. The molecule has 0 aliphatic rings. The number of sulfone groups is 2. The fourth-order valence-electron chi connectivity index (χ4n) is 3.71. The molecule has 4 aromatic rings. The van der Waals surface area contributed by atoms with Crippen LogP contribution in [-0.2, 0) is 19.7 Å². The minimum atomic E-state index is -3.45. The number of nitrogens with zero attached hydrogens (tertiary/aromatic N) is 1. The number of nitrogens with two attached hydrogens (primary N) is 1. The molecule has 14 nitrogen and oxygen atoms in total. The summed E-state index contributed by atoms with van der Waals surface area (Å²) in [5, 5.41) is 7.72. The molecule has 0 aliphatic carbocycles. The Morgan fingerprint density at radius 3 is 1.87 bits per heavy atom. The molecule has 0 saturated heterocycles. The zero-order valence-electron chi connectivity index (χ0n) is 25.5. The van der Waals surface area contributed by atoms with E-state index < -0.39 is 25.7 Å². The average Bonchev–Trinajstić information content (AvgIpc) is 3.01. The highest BCUT2D eigenvalue weighted by Gasteiger charge is 2.14. The third-order valence-electron chi connectivity index (χ3n) is 6.02. The van der Waals surface area contributed by atoms with Crippen LogP contribution >= 0.6 is 0 Å². The number of hydrogen-bond acceptors (Lipinski definition) is 11. The first-order valence-electron chi connectivity index (χ1n) is 13.2. The molecule has 16 heteroatoms. The van der Waals surface area contributed by atoms with E-state index in [1.807, 2.05) is 0 Å². The number of ether oxygens (including phenoxy) is 3. The second-order valence-corrected chi connectivity index (χ2v) is 13.5. The van der Waals surface area contributed by atoms with Gasteiger partial charge in [-0.25, -0.2) is 21.6 Å². The average molecular weight is 672 g/mol. The number of pyridine rings is 1. The molecule has 0 bridgehead atoms. The van der Waals surface area contributed by atoms with Crippen LogP contribution in [0.25, 0.3) is 0 Å². The first-order valence-corrected chi connectivity index (χ1v) is 17.0. The van der Waals surface area contributed by atoms with Gasteiger partial charge >= 0.3 is 6.03 Å². The zero-order valence-corrected chi connectivity index (χ0v) is 27.2. The molecular formula is C30H33N5O9S2. The van der Waals surface area contributed by atoms with Crippen molar-refractivity contribution in [2.75, 3.05) is 50.1 Å². The summed E-state index contributed by atoms with van der Waals surface area (Å²) in [4.78, 5) is 28.3. The van der Waals surface area contributed by atoms with Crippen molar-refractivity contribution in [1.82, 2.24) is 10.3 Å². The van der Waals surface area contributed by atoms with Gasteiger partial charge in [-0.15, -0.1) is 0 Å². The van der Waals surface area contributed by atoms with Crippen molar-refractivity contribution >= 4 is 48.7 Å². The van der Waals surface area contributed by atoms with Crippen LogP contribution < -0.4 is 35.9 Å². The maximum atomic E-state index is 12.4. The number of nitrogen functional groups attached to an aromatic ring is 1. The maximum absolute atomic E-state index is 12.4. The van der Waals surface area contributed by atoms with Crippen LogP contribution in [0.1, 0.15) is 10.5 Å². The SMILES string of the molecule is CNC(=O)c1cc(Oc2ccc(NC(=O)Nc3cc(S(C)(=O)=O)ccc3OC)cc2)ccn1.COc1ccc(S(C)(=O)=O)cc1N. The van der Waals surface area contributed by atoms with E-state index in [0.29, 0.717) is 34.4 Å². The van der Waals surface area contributed by atoms with Gasteiger partial charge in [0.1, 0.15) is 28.7 Å². The molecule has 0 saturated carbocycles. The Hall–Kier alpha value is -5.35. The molecule has 4 rings (SSSR count). The number of carbonyl (C=O) groups is 2. The van der Waals surface area contributed by atoms with Crippen LogP contribution in [0.3, 0.4) is 0 Å². The molecule has 0 atom stereocenters. The maximum Gasteiger partial charge on any atom is 0.323 e. The third-order valence-corrected chi connectivity index (χ3v) is 8.24. The summed E-state index contributed by atoms with van der Waals surface area (Å²) in [5.41, 5.74) is 6.77. The van der Waals surface area contributed by atoms with Gasteiger partial charge in [0, 0.05) is 37.5 Å². The first kappa shape index (κ1) is 35.1. The van der Waals surface area contributed by atoms with Crippen LogP contribution in [-0.4, -0.2) is 67.5 Å². The summed E-state index contributed by atoms with van der Waals surface area (Å²) in [6.07, 6.45) is 3.68. The molecule has 0 aliphatic heterocycles. The number of carbonyl (C=O) groups excluding carboxylic acids is 2. The smallest absolute Gasteiger partial charge is 0.323 e. The molecular weight excluding hydrogens is 638 g/mol. The Morgan fingerprint density at radius 1 is 0.739 bits per heavy atom. The van der Waals surface area contributed by atoms with Gasteiger partial charge in [-0.2, -0.15) is 0 Å². The van der Waals surface area contributed by atoms with E-state index in [0.717, 1.165) is 12.5 Å². The van der Waals surface area contributed by atoms with E-state index in [4.69, 9.17) is 19.9 Å². The minimum Gasteiger partial charge on any atom is -0.495 e. The second kappa shape index (κ2) is 15.1. The summed E-state index contributed by atoms with van der Waals surface area (Å²) >= 11 is 0. The summed E-state index contributed by atoms with van der Waals surface area (Å²) < 4.78 is 61.6. The molecule has 1 aromatic heterocycles. The predicted octanol–water partition coefficient (Wildman–Crippen LogP) is 3.97. The van der Waals surface area contributed by atoms with Crippen molar-refractivity contribution in [2.24, 2.45) is 0 Å². The van der Waals surface area contributed by atoms with Crippen LogP contribution in [0.2, 0.25) is 0 Å². The summed E-state index contributed by atoms with van der Waals surface area (Å²) in [6.45, 7) is 0. The molecule has 0 radical (unpaired) electrons. The van der Waals surface area contributed by atoms with Crippen molar-refractivity contribution < 1.29 is 40.6 Å². The van der Waals surface area contributed by atoms with Gasteiger partial charge in [0.15, 0.2) is 19.7 Å². The largest absolute Gasteiger partial charge is 0.495 e. The van der Waals surface area contributed by atoms with E-state index in [1.165, 1.54) is 69.9 Å². The van der Waals surface area contributed by atoms with Gasteiger partial charge in [0.2, 0.25) is 0 Å². The molecule has 46 heavy (non-hydrogen) atoms. The van der Waals surface area contributed by atoms with E-state index in [2.05, 4.69) is 20.9 Å². The van der Waals surface area contributed by atoms with Gasteiger partial charge in [0.05, 0.1) is 35.4 Å². The Morgan fingerprint density at radius 2 is 1.33 bits per heavy atom. The molecule has 3 aromatic carbocycles. The van der Waals surface area contributed by atoms with E-state index >= 15 is 0 Å². The van der Waals surface area contributed by atoms with Crippen LogP contribution in [0.15, 0.2) is 88.8 Å². The number of nitrogens with one attached hydrogen (secondary N) is 3. The van der Waals surface area contributed by atoms with Gasteiger partial charge in [-0.3, -0.25) is 9.78 Å². The molecule has 0 fully saturated rings. The van der Waals surface area contributed by atoms with E-state index in [9.17, 15) is 26.4 Å². The summed E-state index contributed by atoms with van der Waals surface area (Å²) in [7, 11) is -2.23. The number of aromatic nitrogens is 1. The van der Waals surface area contributed by atoms with Gasteiger partial charge < -0.3 is 35.9 Å². The predicted molar refractivity (Wildman–Crippen MR) is 173 cm³/mol. The molecule has 0 unspecified atom stereocenters. The lowest BCUT2D eigenvalue weighted by molar-refractivity contribution is 0.0957. The van der Waals surface area contributed by atoms with Crippen molar-refractivity contribution in [1.29, 1.82) is 0 Å². The molecule has 5 N–H and O–H groups in total. The highest BCUT2D eigenvalue weighted by Crippen LogP contribution is 2.28. The van der Waals surface area contributed by atoms with Crippen molar-refractivity contribution in [2.45, 2.75) is 9.79 Å².